The van der Waals surface area contributed by atoms with Crippen molar-refractivity contribution in [2.24, 2.45) is 0 Å². The lowest BCUT2D eigenvalue weighted by molar-refractivity contribution is -0.114. The first-order valence-electron chi connectivity index (χ1n) is 8.29. The van der Waals surface area contributed by atoms with Crippen molar-refractivity contribution < 1.29 is 14.4 Å². The molecule has 0 unspecified atom stereocenters. The lowest BCUT2D eigenvalue weighted by atomic mass is 10.1. The average molecular weight is 352 g/mol. The smallest absolute Gasteiger partial charge is 0.321 e. The van der Waals surface area contributed by atoms with Gasteiger partial charge in [-0.05, 0) is 48.9 Å². The van der Waals surface area contributed by atoms with E-state index in [0.717, 1.165) is 11.3 Å². The summed E-state index contributed by atoms with van der Waals surface area (Å²) >= 11 is 0. The number of carbonyl (C=O) groups excluding carboxylic acids is 3. The highest BCUT2D eigenvalue weighted by atomic mass is 16.2. The van der Waals surface area contributed by atoms with Crippen LogP contribution in [0.3, 0.4) is 0 Å². The first-order chi connectivity index (χ1) is 12.4. The number of hydrogen-bond acceptors (Lipinski definition) is 3. The quantitative estimate of drug-likeness (QED) is 0.790. The molecule has 7 nitrogen and oxygen atoms in total. The zero-order chi connectivity index (χ0) is 18.7. The van der Waals surface area contributed by atoms with Crippen molar-refractivity contribution in [2.75, 3.05) is 28.6 Å². The fourth-order valence-electron chi connectivity index (χ4n) is 2.74. The molecule has 0 radical (unpaired) electrons. The molecule has 0 atom stereocenters. The van der Waals surface area contributed by atoms with E-state index in [1.165, 1.54) is 6.92 Å². The predicted octanol–water partition coefficient (Wildman–Crippen LogP) is 2.74. The molecule has 2 aromatic rings. The topological polar surface area (TPSA) is 90.5 Å². The standard InChI is InChI=1S/C19H20N4O3/c1-12-3-6-15(21-13(2)24)11-17(12)22-18(25)14-4-7-16(8-5-14)23-10-9-20-19(23)26/h3-8,11H,9-10H2,1-2H3,(H,20,26)(H,21,24)(H,22,25). The van der Waals surface area contributed by atoms with Gasteiger partial charge in [0.25, 0.3) is 5.91 Å². The second kappa shape index (κ2) is 7.26. The summed E-state index contributed by atoms with van der Waals surface area (Å²) in [6.45, 7) is 4.53. The monoisotopic (exact) mass is 352 g/mol. The molecule has 0 aromatic heterocycles. The summed E-state index contributed by atoms with van der Waals surface area (Å²) in [6, 6.07) is 12.1. The van der Waals surface area contributed by atoms with Gasteiger partial charge in [-0.1, -0.05) is 6.07 Å². The Bertz CT molecular complexity index is 862. The van der Waals surface area contributed by atoms with Gasteiger partial charge in [-0.2, -0.15) is 0 Å². The van der Waals surface area contributed by atoms with Crippen molar-refractivity contribution in [3.63, 3.8) is 0 Å². The lowest BCUT2D eigenvalue weighted by Gasteiger charge is -2.15. The Balaban J connectivity index is 1.74. The number of rotatable bonds is 4. The van der Waals surface area contributed by atoms with E-state index in [-0.39, 0.29) is 17.8 Å². The second-order valence-electron chi connectivity index (χ2n) is 6.10. The first kappa shape index (κ1) is 17.5. The van der Waals surface area contributed by atoms with Crippen LogP contribution < -0.4 is 20.9 Å². The maximum Gasteiger partial charge on any atom is 0.321 e. The highest BCUT2D eigenvalue weighted by Crippen LogP contribution is 2.22. The Labute approximate surface area is 151 Å². The number of amides is 4. The van der Waals surface area contributed by atoms with Gasteiger partial charge < -0.3 is 16.0 Å². The van der Waals surface area contributed by atoms with Crippen LogP contribution in [0.4, 0.5) is 21.9 Å². The van der Waals surface area contributed by atoms with Crippen molar-refractivity contribution >= 4 is 34.9 Å². The number of carbonyl (C=O) groups is 3. The SMILES string of the molecule is CC(=O)Nc1ccc(C)c(NC(=O)c2ccc(N3CCNC3=O)cc2)c1. The molecule has 26 heavy (non-hydrogen) atoms. The largest absolute Gasteiger partial charge is 0.336 e. The molecule has 134 valence electrons. The Morgan fingerprint density at radius 1 is 1.08 bits per heavy atom. The summed E-state index contributed by atoms with van der Waals surface area (Å²) in [5, 5.41) is 8.29. The number of urea groups is 1. The van der Waals surface area contributed by atoms with Gasteiger partial charge in [0.15, 0.2) is 0 Å². The fourth-order valence-corrected chi connectivity index (χ4v) is 2.74. The minimum absolute atomic E-state index is 0.132. The van der Waals surface area contributed by atoms with Gasteiger partial charge in [0, 0.05) is 42.6 Å². The number of hydrogen-bond donors (Lipinski definition) is 3. The van der Waals surface area contributed by atoms with Crippen LogP contribution in [0.2, 0.25) is 0 Å². The first-order valence-corrected chi connectivity index (χ1v) is 8.29. The van der Waals surface area contributed by atoms with Gasteiger partial charge in [0.2, 0.25) is 5.91 Å². The van der Waals surface area contributed by atoms with E-state index in [1.807, 2.05) is 13.0 Å². The van der Waals surface area contributed by atoms with Crippen molar-refractivity contribution in [1.82, 2.24) is 5.32 Å². The molecule has 2 aromatic carbocycles. The van der Waals surface area contributed by atoms with Crippen LogP contribution >= 0.6 is 0 Å². The summed E-state index contributed by atoms with van der Waals surface area (Å²) < 4.78 is 0. The normalized spacial score (nSPS) is 13.3. The maximum absolute atomic E-state index is 12.5. The zero-order valence-corrected chi connectivity index (χ0v) is 14.6. The second-order valence-corrected chi connectivity index (χ2v) is 6.10. The Morgan fingerprint density at radius 3 is 2.42 bits per heavy atom. The molecule has 1 aliphatic heterocycles. The Morgan fingerprint density at radius 2 is 1.81 bits per heavy atom. The molecule has 1 aliphatic rings. The minimum atomic E-state index is -0.259. The highest BCUT2D eigenvalue weighted by Gasteiger charge is 2.21. The zero-order valence-electron chi connectivity index (χ0n) is 14.6. The Kier molecular flexibility index (Phi) is 4.88. The average Bonchev–Trinajstić information content (AvgIpc) is 3.03. The molecular formula is C19H20N4O3. The summed E-state index contributed by atoms with van der Waals surface area (Å²) in [4.78, 5) is 37.0. The summed E-state index contributed by atoms with van der Waals surface area (Å²) in [6.07, 6.45) is 0. The van der Waals surface area contributed by atoms with Crippen LogP contribution in [0.25, 0.3) is 0 Å². The van der Waals surface area contributed by atoms with Gasteiger partial charge >= 0.3 is 6.03 Å². The molecule has 0 bridgehead atoms. The molecule has 1 saturated heterocycles. The van der Waals surface area contributed by atoms with Crippen LogP contribution in [0, 0.1) is 6.92 Å². The van der Waals surface area contributed by atoms with Crippen LogP contribution in [0.5, 0.6) is 0 Å². The lowest BCUT2D eigenvalue weighted by Crippen LogP contribution is -2.27. The molecule has 0 spiro atoms. The predicted molar refractivity (Wildman–Crippen MR) is 101 cm³/mol. The number of anilines is 3. The van der Waals surface area contributed by atoms with Gasteiger partial charge in [0.05, 0.1) is 0 Å². The van der Waals surface area contributed by atoms with Crippen molar-refractivity contribution in [3.05, 3.63) is 53.6 Å². The molecule has 4 amide bonds. The molecule has 1 heterocycles. The molecule has 3 N–H and O–H groups in total. The van der Waals surface area contributed by atoms with Gasteiger partial charge in [-0.25, -0.2) is 4.79 Å². The molecule has 1 fully saturated rings. The molecule has 3 rings (SSSR count). The van der Waals surface area contributed by atoms with Crippen LogP contribution in [-0.4, -0.2) is 30.9 Å². The van der Waals surface area contributed by atoms with E-state index in [9.17, 15) is 14.4 Å². The van der Waals surface area contributed by atoms with Gasteiger partial charge in [-0.3, -0.25) is 14.5 Å². The number of aryl methyl sites for hydroxylation is 1. The fraction of sp³-hybridized carbons (Fsp3) is 0.211. The minimum Gasteiger partial charge on any atom is -0.336 e. The van der Waals surface area contributed by atoms with Gasteiger partial charge in [-0.15, -0.1) is 0 Å². The number of benzene rings is 2. The molecular weight excluding hydrogens is 332 g/mol. The van der Waals surface area contributed by atoms with E-state index >= 15 is 0 Å². The third-order valence-electron chi connectivity index (χ3n) is 4.10. The third kappa shape index (κ3) is 3.83. The van der Waals surface area contributed by atoms with Gasteiger partial charge in [0.1, 0.15) is 0 Å². The Hall–Kier alpha value is -3.35. The van der Waals surface area contributed by atoms with Crippen LogP contribution in [-0.2, 0) is 4.79 Å². The number of nitrogens with one attached hydrogen (secondary N) is 3. The van der Waals surface area contributed by atoms with Crippen molar-refractivity contribution in [2.45, 2.75) is 13.8 Å². The van der Waals surface area contributed by atoms with Crippen molar-refractivity contribution in [3.8, 4) is 0 Å². The molecule has 0 aliphatic carbocycles. The molecule has 0 saturated carbocycles. The number of nitrogens with zero attached hydrogens (tertiary/aromatic N) is 1. The van der Waals surface area contributed by atoms with Crippen molar-refractivity contribution in [1.29, 1.82) is 0 Å². The van der Waals surface area contributed by atoms with E-state index in [4.69, 9.17) is 0 Å². The molecule has 7 heteroatoms. The maximum atomic E-state index is 12.5. The van der Waals surface area contributed by atoms with E-state index < -0.39 is 0 Å². The summed E-state index contributed by atoms with van der Waals surface area (Å²) in [7, 11) is 0. The van der Waals surface area contributed by atoms with E-state index in [0.29, 0.717) is 30.0 Å². The van der Waals surface area contributed by atoms with Crippen LogP contribution in [0.15, 0.2) is 42.5 Å². The van der Waals surface area contributed by atoms with E-state index in [2.05, 4.69) is 16.0 Å². The van der Waals surface area contributed by atoms with E-state index in [1.54, 1.807) is 41.3 Å². The summed E-state index contributed by atoms with van der Waals surface area (Å²) in [5.41, 5.74) is 3.37. The summed E-state index contributed by atoms with van der Waals surface area (Å²) in [5.74, 6) is -0.432. The highest BCUT2D eigenvalue weighted by molar-refractivity contribution is 6.05. The van der Waals surface area contributed by atoms with Crippen LogP contribution in [0.1, 0.15) is 22.8 Å². The third-order valence-corrected chi connectivity index (χ3v) is 4.10.